The largest absolute Gasteiger partial charge is 0.370 e. The smallest absolute Gasteiger partial charge is 0.273 e. The standard InChI is InChI=1S/C18H24N4O2S/c1-2-3-10-20-18-21-15(13-25-18)17(24)22(11-9-16(19)23)12-14-7-5-4-6-8-14/h4-8,13H,2-3,9-12H2,1H3,(H2,19,23)(H,20,21). The van der Waals surface area contributed by atoms with Crippen molar-refractivity contribution in [2.24, 2.45) is 5.73 Å². The Morgan fingerprint density at radius 2 is 2.04 bits per heavy atom. The number of unbranched alkanes of at least 4 members (excludes halogenated alkanes) is 1. The van der Waals surface area contributed by atoms with Gasteiger partial charge in [0, 0.05) is 31.4 Å². The number of carbonyl (C=O) groups is 2. The summed E-state index contributed by atoms with van der Waals surface area (Å²) in [6, 6.07) is 9.66. The first-order chi connectivity index (χ1) is 12.1. The molecule has 2 aromatic rings. The molecule has 6 nitrogen and oxygen atoms in total. The molecule has 134 valence electrons. The van der Waals surface area contributed by atoms with E-state index in [4.69, 9.17) is 5.73 Å². The molecule has 2 amide bonds. The average Bonchev–Trinajstić information content (AvgIpc) is 3.08. The Hall–Kier alpha value is -2.41. The maximum Gasteiger partial charge on any atom is 0.273 e. The third-order valence-electron chi connectivity index (χ3n) is 3.66. The molecular formula is C18H24N4O2S. The van der Waals surface area contributed by atoms with E-state index in [1.165, 1.54) is 11.3 Å². The minimum atomic E-state index is -0.425. The number of nitrogens with two attached hydrogens (primary N) is 1. The number of carbonyl (C=O) groups excluding carboxylic acids is 2. The molecule has 0 aliphatic carbocycles. The van der Waals surface area contributed by atoms with E-state index in [0.29, 0.717) is 12.2 Å². The van der Waals surface area contributed by atoms with Gasteiger partial charge in [0.05, 0.1) is 0 Å². The molecule has 0 aliphatic rings. The third-order valence-corrected chi connectivity index (χ3v) is 4.46. The van der Waals surface area contributed by atoms with Gasteiger partial charge >= 0.3 is 0 Å². The first-order valence-corrected chi connectivity index (χ1v) is 9.29. The van der Waals surface area contributed by atoms with Gasteiger partial charge in [-0.25, -0.2) is 4.98 Å². The first kappa shape index (κ1) is 18.9. The lowest BCUT2D eigenvalue weighted by atomic mass is 10.2. The number of hydrogen-bond donors (Lipinski definition) is 2. The second-order valence-corrected chi connectivity index (χ2v) is 6.60. The van der Waals surface area contributed by atoms with E-state index < -0.39 is 5.91 Å². The van der Waals surface area contributed by atoms with Crippen molar-refractivity contribution in [3.8, 4) is 0 Å². The van der Waals surface area contributed by atoms with E-state index in [9.17, 15) is 9.59 Å². The van der Waals surface area contributed by atoms with Crippen LogP contribution in [0.3, 0.4) is 0 Å². The van der Waals surface area contributed by atoms with Crippen molar-refractivity contribution in [1.29, 1.82) is 0 Å². The van der Waals surface area contributed by atoms with Crippen LogP contribution in [0.15, 0.2) is 35.7 Å². The number of benzene rings is 1. The summed E-state index contributed by atoms with van der Waals surface area (Å²) in [7, 11) is 0. The summed E-state index contributed by atoms with van der Waals surface area (Å²) >= 11 is 1.42. The predicted octanol–water partition coefficient (Wildman–Crippen LogP) is 2.87. The number of anilines is 1. The number of thiazole rings is 1. The van der Waals surface area contributed by atoms with Gasteiger partial charge in [-0.3, -0.25) is 9.59 Å². The lowest BCUT2D eigenvalue weighted by Gasteiger charge is -2.21. The van der Waals surface area contributed by atoms with Gasteiger partial charge in [0.25, 0.3) is 5.91 Å². The summed E-state index contributed by atoms with van der Waals surface area (Å²) in [5.74, 6) is -0.615. The maximum absolute atomic E-state index is 12.8. The van der Waals surface area contributed by atoms with Crippen molar-refractivity contribution in [2.45, 2.75) is 32.7 Å². The molecule has 2 rings (SSSR count). The van der Waals surface area contributed by atoms with Gasteiger partial charge in [-0.2, -0.15) is 0 Å². The molecule has 7 heteroatoms. The van der Waals surface area contributed by atoms with Gasteiger partial charge in [0.2, 0.25) is 5.91 Å². The summed E-state index contributed by atoms with van der Waals surface area (Å²) in [6.45, 7) is 3.66. The van der Waals surface area contributed by atoms with Crippen LogP contribution in [0.5, 0.6) is 0 Å². The third kappa shape index (κ3) is 6.19. The van der Waals surface area contributed by atoms with E-state index in [1.54, 1.807) is 10.3 Å². The van der Waals surface area contributed by atoms with Gasteiger partial charge in [0.15, 0.2) is 5.13 Å². The first-order valence-electron chi connectivity index (χ1n) is 8.41. The number of aromatic nitrogens is 1. The van der Waals surface area contributed by atoms with Gasteiger partial charge in [-0.15, -0.1) is 11.3 Å². The molecule has 0 saturated heterocycles. The Kier molecular flexibility index (Phi) is 7.40. The number of hydrogen-bond acceptors (Lipinski definition) is 5. The fourth-order valence-corrected chi connectivity index (χ4v) is 3.00. The van der Waals surface area contributed by atoms with E-state index >= 15 is 0 Å². The van der Waals surface area contributed by atoms with Crippen LogP contribution in [-0.4, -0.2) is 34.8 Å². The van der Waals surface area contributed by atoms with Crippen molar-refractivity contribution in [3.63, 3.8) is 0 Å². The highest BCUT2D eigenvalue weighted by molar-refractivity contribution is 7.13. The zero-order chi connectivity index (χ0) is 18.1. The van der Waals surface area contributed by atoms with E-state index in [1.807, 2.05) is 30.3 Å². The fraction of sp³-hybridized carbons (Fsp3) is 0.389. The Morgan fingerprint density at radius 1 is 1.28 bits per heavy atom. The van der Waals surface area contributed by atoms with Crippen LogP contribution in [0.25, 0.3) is 0 Å². The number of nitrogens with zero attached hydrogens (tertiary/aromatic N) is 2. The molecule has 0 unspecified atom stereocenters. The summed E-state index contributed by atoms with van der Waals surface area (Å²) in [4.78, 5) is 29.9. The van der Waals surface area contributed by atoms with Crippen molar-refractivity contribution < 1.29 is 9.59 Å². The molecule has 0 spiro atoms. The van der Waals surface area contributed by atoms with Crippen LogP contribution in [-0.2, 0) is 11.3 Å². The second-order valence-electron chi connectivity index (χ2n) is 5.75. The Labute approximate surface area is 152 Å². The lowest BCUT2D eigenvalue weighted by molar-refractivity contribution is -0.118. The predicted molar refractivity (Wildman–Crippen MR) is 101 cm³/mol. The average molecular weight is 360 g/mol. The Bertz CT molecular complexity index is 687. The molecule has 0 bridgehead atoms. The van der Waals surface area contributed by atoms with E-state index in [2.05, 4.69) is 17.2 Å². The van der Waals surface area contributed by atoms with Crippen LogP contribution in [0.2, 0.25) is 0 Å². The van der Waals surface area contributed by atoms with Gasteiger partial charge in [0.1, 0.15) is 5.69 Å². The highest BCUT2D eigenvalue weighted by Gasteiger charge is 2.19. The number of amides is 2. The molecule has 0 atom stereocenters. The van der Waals surface area contributed by atoms with Crippen molar-refractivity contribution in [1.82, 2.24) is 9.88 Å². The molecule has 0 radical (unpaired) electrons. The van der Waals surface area contributed by atoms with Crippen molar-refractivity contribution >= 4 is 28.3 Å². The van der Waals surface area contributed by atoms with Gasteiger partial charge in [-0.05, 0) is 12.0 Å². The quantitative estimate of drug-likeness (QED) is 0.638. The number of rotatable bonds is 10. The Morgan fingerprint density at radius 3 is 2.72 bits per heavy atom. The van der Waals surface area contributed by atoms with Crippen LogP contribution in [0.1, 0.15) is 42.2 Å². The van der Waals surface area contributed by atoms with E-state index in [0.717, 1.165) is 30.1 Å². The zero-order valence-corrected chi connectivity index (χ0v) is 15.2. The topological polar surface area (TPSA) is 88.3 Å². The molecule has 1 aromatic carbocycles. The monoisotopic (exact) mass is 360 g/mol. The summed E-state index contributed by atoms with van der Waals surface area (Å²) in [6.07, 6.45) is 2.29. The second kappa shape index (κ2) is 9.78. The molecule has 0 fully saturated rings. The zero-order valence-electron chi connectivity index (χ0n) is 14.4. The molecule has 1 aromatic heterocycles. The maximum atomic E-state index is 12.8. The molecule has 3 N–H and O–H groups in total. The van der Waals surface area contributed by atoms with Crippen molar-refractivity contribution in [2.75, 3.05) is 18.4 Å². The molecule has 0 saturated carbocycles. The lowest BCUT2D eigenvalue weighted by Crippen LogP contribution is -2.33. The normalized spacial score (nSPS) is 10.4. The number of nitrogens with one attached hydrogen (secondary N) is 1. The van der Waals surface area contributed by atoms with E-state index in [-0.39, 0.29) is 18.9 Å². The number of primary amides is 1. The molecule has 1 heterocycles. The van der Waals surface area contributed by atoms with Crippen LogP contribution in [0.4, 0.5) is 5.13 Å². The van der Waals surface area contributed by atoms with Crippen molar-refractivity contribution in [3.05, 3.63) is 47.0 Å². The highest BCUT2D eigenvalue weighted by Crippen LogP contribution is 2.18. The van der Waals surface area contributed by atoms with Crippen LogP contribution in [0, 0.1) is 0 Å². The fourth-order valence-electron chi connectivity index (χ4n) is 2.29. The summed E-state index contributed by atoms with van der Waals surface area (Å²) < 4.78 is 0. The summed E-state index contributed by atoms with van der Waals surface area (Å²) in [5, 5.41) is 5.71. The highest BCUT2D eigenvalue weighted by atomic mass is 32.1. The van der Waals surface area contributed by atoms with Gasteiger partial charge < -0.3 is 16.0 Å². The molecular weight excluding hydrogens is 336 g/mol. The minimum absolute atomic E-state index is 0.129. The molecule has 25 heavy (non-hydrogen) atoms. The minimum Gasteiger partial charge on any atom is -0.370 e. The van der Waals surface area contributed by atoms with Gasteiger partial charge in [-0.1, -0.05) is 43.7 Å². The Balaban J connectivity index is 2.07. The SMILES string of the molecule is CCCCNc1nc(C(=O)N(CCC(N)=O)Cc2ccccc2)cs1. The summed E-state index contributed by atoms with van der Waals surface area (Å²) in [5.41, 5.74) is 6.63. The van der Waals surface area contributed by atoms with Crippen LogP contribution >= 0.6 is 11.3 Å². The molecule has 0 aliphatic heterocycles. The van der Waals surface area contributed by atoms with Crippen LogP contribution < -0.4 is 11.1 Å².